The highest BCUT2D eigenvalue weighted by Crippen LogP contribution is 2.34. The Morgan fingerprint density at radius 1 is 1.06 bits per heavy atom. The summed E-state index contributed by atoms with van der Waals surface area (Å²) in [6.07, 6.45) is 2.29. The van der Waals surface area contributed by atoms with E-state index < -0.39 is 0 Å². The molecule has 1 aromatic rings. The summed E-state index contributed by atoms with van der Waals surface area (Å²) in [5, 5.41) is 0. The number of methoxy groups -OCH3 is 2. The van der Waals surface area contributed by atoms with Crippen LogP contribution in [0.1, 0.15) is 38.2 Å². The fourth-order valence-corrected chi connectivity index (χ4v) is 2.54. The molecular formula is C15H25NO2. The number of benzene rings is 1. The van der Waals surface area contributed by atoms with Gasteiger partial charge in [0.15, 0.2) is 11.5 Å². The third-order valence-electron chi connectivity index (χ3n) is 3.71. The molecule has 0 aliphatic heterocycles. The highest BCUT2D eigenvalue weighted by atomic mass is 16.5. The van der Waals surface area contributed by atoms with Gasteiger partial charge >= 0.3 is 0 Å². The van der Waals surface area contributed by atoms with Crippen LogP contribution in [0.25, 0.3) is 0 Å². The Labute approximate surface area is 110 Å². The lowest BCUT2D eigenvalue weighted by molar-refractivity contribution is 0.352. The lowest BCUT2D eigenvalue weighted by Crippen LogP contribution is -2.21. The first-order valence-electron chi connectivity index (χ1n) is 6.63. The van der Waals surface area contributed by atoms with Gasteiger partial charge in [0, 0.05) is 0 Å². The van der Waals surface area contributed by atoms with Crippen LogP contribution < -0.4 is 15.2 Å². The van der Waals surface area contributed by atoms with Crippen LogP contribution in [0.15, 0.2) is 18.2 Å². The Kier molecular flexibility index (Phi) is 5.99. The van der Waals surface area contributed by atoms with Crippen molar-refractivity contribution < 1.29 is 9.47 Å². The topological polar surface area (TPSA) is 44.5 Å². The molecule has 102 valence electrons. The van der Waals surface area contributed by atoms with Crippen molar-refractivity contribution in [2.75, 3.05) is 20.8 Å². The maximum atomic E-state index is 5.95. The Balaban J connectivity index is 3.06. The summed E-state index contributed by atoms with van der Waals surface area (Å²) in [5.74, 6) is 2.55. The van der Waals surface area contributed by atoms with Crippen LogP contribution in [0.3, 0.4) is 0 Å². The minimum Gasteiger partial charge on any atom is -0.493 e. The molecule has 1 unspecified atom stereocenters. The SMILES string of the molecule is CCC(CC)C(CN)c1ccc(OC)c(OC)c1. The molecule has 0 amide bonds. The van der Waals surface area contributed by atoms with Gasteiger partial charge in [-0.1, -0.05) is 32.8 Å². The fourth-order valence-electron chi connectivity index (χ4n) is 2.54. The molecule has 18 heavy (non-hydrogen) atoms. The lowest BCUT2D eigenvalue weighted by Gasteiger charge is -2.25. The van der Waals surface area contributed by atoms with Gasteiger partial charge in [-0.25, -0.2) is 0 Å². The van der Waals surface area contributed by atoms with Crippen LogP contribution in [-0.2, 0) is 0 Å². The van der Waals surface area contributed by atoms with Crippen molar-refractivity contribution in [1.82, 2.24) is 0 Å². The molecule has 1 atom stereocenters. The summed E-state index contributed by atoms with van der Waals surface area (Å²) in [6.45, 7) is 5.11. The lowest BCUT2D eigenvalue weighted by atomic mass is 9.82. The Morgan fingerprint density at radius 2 is 1.67 bits per heavy atom. The van der Waals surface area contributed by atoms with Crippen LogP contribution in [-0.4, -0.2) is 20.8 Å². The quantitative estimate of drug-likeness (QED) is 0.809. The second kappa shape index (κ2) is 7.27. The summed E-state index contributed by atoms with van der Waals surface area (Å²) in [5.41, 5.74) is 7.19. The van der Waals surface area contributed by atoms with Crippen LogP contribution in [0.5, 0.6) is 11.5 Å². The summed E-state index contributed by atoms with van der Waals surface area (Å²) in [7, 11) is 3.31. The molecule has 0 aliphatic rings. The van der Waals surface area contributed by atoms with E-state index >= 15 is 0 Å². The molecule has 3 heteroatoms. The molecule has 0 aromatic heterocycles. The van der Waals surface area contributed by atoms with E-state index in [1.54, 1.807) is 14.2 Å². The van der Waals surface area contributed by atoms with Crippen molar-refractivity contribution in [3.05, 3.63) is 23.8 Å². The van der Waals surface area contributed by atoms with Crippen molar-refractivity contribution in [2.45, 2.75) is 32.6 Å². The first-order valence-corrected chi connectivity index (χ1v) is 6.63. The summed E-state index contributed by atoms with van der Waals surface area (Å²) in [4.78, 5) is 0. The minimum absolute atomic E-state index is 0.389. The van der Waals surface area contributed by atoms with Crippen molar-refractivity contribution in [3.63, 3.8) is 0 Å². The molecule has 1 rings (SSSR count). The highest BCUT2D eigenvalue weighted by molar-refractivity contribution is 5.44. The van der Waals surface area contributed by atoms with Crippen molar-refractivity contribution in [1.29, 1.82) is 0 Å². The summed E-state index contributed by atoms with van der Waals surface area (Å²) < 4.78 is 10.6. The van der Waals surface area contributed by atoms with E-state index in [0.717, 1.165) is 24.3 Å². The molecule has 3 nitrogen and oxygen atoms in total. The Hall–Kier alpha value is -1.22. The maximum absolute atomic E-state index is 5.95. The number of hydrogen-bond acceptors (Lipinski definition) is 3. The second-order valence-corrected chi connectivity index (χ2v) is 4.53. The average Bonchev–Trinajstić information content (AvgIpc) is 2.43. The zero-order valence-electron chi connectivity index (χ0n) is 11.9. The monoisotopic (exact) mass is 251 g/mol. The summed E-state index contributed by atoms with van der Waals surface area (Å²) in [6, 6.07) is 6.10. The van der Waals surface area contributed by atoms with Crippen molar-refractivity contribution >= 4 is 0 Å². The minimum atomic E-state index is 0.389. The van der Waals surface area contributed by atoms with Gasteiger partial charge in [0.25, 0.3) is 0 Å². The third-order valence-corrected chi connectivity index (χ3v) is 3.71. The van der Waals surface area contributed by atoms with Crippen molar-refractivity contribution in [3.8, 4) is 11.5 Å². The predicted octanol–water partition coefficient (Wildman–Crippen LogP) is 3.18. The van der Waals surface area contributed by atoms with Crippen LogP contribution in [0, 0.1) is 5.92 Å². The third kappa shape index (κ3) is 3.16. The summed E-state index contributed by atoms with van der Waals surface area (Å²) >= 11 is 0. The molecule has 0 fully saturated rings. The van der Waals surface area contributed by atoms with Gasteiger partial charge in [-0.15, -0.1) is 0 Å². The number of rotatable bonds is 7. The zero-order chi connectivity index (χ0) is 13.5. The molecule has 0 bridgehead atoms. The molecule has 0 aliphatic carbocycles. The molecule has 0 heterocycles. The van der Waals surface area contributed by atoms with Gasteiger partial charge in [-0.2, -0.15) is 0 Å². The Morgan fingerprint density at radius 3 is 2.11 bits per heavy atom. The van der Waals surface area contributed by atoms with Crippen LogP contribution >= 0.6 is 0 Å². The van der Waals surface area contributed by atoms with Crippen LogP contribution in [0.4, 0.5) is 0 Å². The molecule has 0 spiro atoms. The van der Waals surface area contributed by atoms with E-state index in [4.69, 9.17) is 15.2 Å². The standard InChI is InChI=1S/C15H25NO2/c1-5-11(6-2)13(10-16)12-7-8-14(17-3)15(9-12)18-4/h7-9,11,13H,5-6,10,16H2,1-4H3. The fraction of sp³-hybridized carbons (Fsp3) is 0.600. The molecular weight excluding hydrogens is 226 g/mol. The molecule has 0 saturated heterocycles. The normalized spacial score (nSPS) is 12.6. The average molecular weight is 251 g/mol. The van der Waals surface area contributed by atoms with Gasteiger partial charge in [0.2, 0.25) is 0 Å². The smallest absolute Gasteiger partial charge is 0.160 e. The van der Waals surface area contributed by atoms with Gasteiger partial charge < -0.3 is 15.2 Å². The van der Waals surface area contributed by atoms with E-state index in [0.29, 0.717) is 18.4 Å². The first kappa shape index (κ1) is 14.8. The second-order valence-electron chi connectivity index (χ2n) is 4.53. The number of ether oxygens (including phenoxy) is 2. The largest absolute Gasteiger partial charge is 0.493 e. The van der Waals surface area contributed by atoms with Crippen LogP contribution in [0.2, 0.25) is 0 Å². The molecule has 0 radical (unpaired) electrons. The van der Waals surface area contributed by atoms with Gasteiger partial charge in [-0.05, 0) is 36.1 Å². The molecule has 1 aromatic carbocycles. The maximum Gasteiger partial charge on any atom is 0.160 e. The van der Waals surface area contributed by atoms with E-state index in [1.165, 1.54) is 5.56 Å². The number of hydrogen-bond donors (Lipinski definition) is 1. The zero-order valence-corrected chi connectivity index (χ0v) is 11.9. The predicted molar refractivity (Wildman–Crippen MR) is 75.4 cm³/mol. The van der Waals surface area contributed by atoms with E-state index in [1.807, 2.05) is 6.07 Å². The highest BCUT2D eigenvalue weighted by Gasteiger charge is 2.20. The van der Waals surface area contributed by atoms with E-state index in [2.05, 4.69) is 26.0 Å². The van der Waals surface area contributed by atoms with Gasteiger partial charge in [-0.3, -0.25) is 0 Å². The van der Waals surface area contributed by atoms with E-state index in [9.17, 15) is 0 Å². The van der Waals surface area contributed by atoms with Gasteiger partial charge in [0.1, 0.15) is 0 Å². The van der Waals surface area contributed by atoms with E-state index in [-0.39, 0.29) is 0 Å². The Bertz CT molecular complexity index is 362. The van der Waals surface area contributed by atoms with Gasteiger partial charge in [0.05, 0.1) is 14.2 Å². The van der Waals surface area contributed by atoms with Crippen molar-refractivity contribution in [2.24, 2.45) is 11.7 Å². The molecule has 0 saturated carbocycles. The number of nitrogens with two attached hydrogens (primary N) is 1. The molecule has 2 N–H and O–H groups in total. The first-order chi connectivity index (χ1) is 8.71.